The van der Waals surface area contributed by atoms with Crippen LogP contribution in [0.1, 0.15) is 23.8 Å². The summed E-state index contributed by atoms with van der Waals surface area (Å²) in [7, 11) is 0. The second-order valence-corrected chi connectivity index (χ2v) is 7.21. The van der Waals surface area contributed by atoms with Gasteiger partial charge < -0.3 is 14.7 Å². The van der Waals surface area contributed by atoms with Crippen molar-refractivity contribution in [1.29, 1.82) is 0 Å². The van der Waals surface area contributed by atoms with Crippen LogP contribution in [0, 0.1) is 0 Å². The molecule has 0 radical (unpaired) electrons. The molecule has 144 valence electrons. The molecule has 1 spiro atoms. The molecule has 2 aliphatic rings. The maximum atomic E-state index is 12.8. The molecule has 1 aromatic carbocycles. The Bertz CT molecular complexity index is 905. The maximum Gasteiger partial charge on any atom is 0.274 e. The minimum atomic E-state index is -0.604. The summed E-state index contributed by atoms with van der Waals surface area (Å²) in [4.78, 5) is 50.9. The first-order valence-corrected chi connectivity index (χ1v) is 9.19. The highest BCUT2D eigenvalue weighted by Crippen LogP contribution is 2.35. The van der Waals surface area contributed by atoms with Crippen LogP contribution in [-0.4, -0.2) is 69.2 Å². The van der Waals surface area contributed by atoms with E-state index < -0.39 is 5.54 Å². The lowest BCUT2D eigenvalue weighted by Gasteiger charge is -2.48. The van der Waals surface area contributed by atoms with Crippen LogP contribution in [0.3, 0.4) is 0 Å². The fraction of sp³-hybridized carbons (Fsp3) is 0.350. The van der Waals surface area contributed by atoms with E-state index in [1.165, 1.54) is 25.5 Å². The summed E-state index contributed by atoms with van der Waals surface area (Å²) in [5, 5.41) is 0. The number of likely N-dealkylation sites (tertiary alicyclic amines) is 1. The van der Waals surface area contributed by atoms with Crippen molar-refractivity contribution >= 4 is 23.4 Å². The number of aromatic nitrogens is 2. The predicted molar refractivity (Wildman–Crippen MR) is 101 cm³/mol. The topological polar surface area (TPSA) is 86.7 Å². The highest BCUT2D eigenvalue weighted by atomic mass is 16.2. The quantitative estimate of drug-likeness (QED) is 0.776. The van der Waals surface area contributed by atoms with Gasteiger partial charge >= 0.3 is 0 Å². The van der Waals surface area contributed by atoms with Gasteiger partial charge in [-0.25, -0.2) is 4.98 Å². The van der Waals surface area contributed by atoms with Crippen LogP contribution in [0.25, 0.3) is 0 Å². The van der Waals surface area contributed by atoms with Gasteiger partial charge in [0.25, 0.3) is 5.91 Å². The summed E-state index contributed by atoms with van der Waals surface area (Å²) >= 11 is 0. The number of anilines is 1. The smallest absolute Gasteiger partial charge is 0.274 e. The van der Waals surface area contributed by atoms with E-state index in [-0.39, 0.29) is 30.0 Å². The van der Waals surface area contributed by atoms with Crippen LogP contribution >= 0.6 is 0 Å². The number of amides is 3. The number of nitrogens with zero attached hydrogens (tertiary/aromatic N) is 5. The molecule has 2 fully saturated rings. The summed E-state index contributed by atoms with van der Waals surface area (Å²) in [6, 6.07) is 9.42. The largest absolute Gasteiger partial charge is 0.335 e. The third kappa shape index (κ3) is 3.11. The highest BCUT2D eigenvalue weighted by molar-refractivity contribution is 5.98. The van der Waals surface area contributed by atoms with Gasteiger partial charge in [0.2, 0.25) is 11.8 Å². The molecule has 3 heterocycles. The molecule has 4 rings (SSSR count). The van der Waals surface area contributed by atoms with Gasteiger partial charge in [0, 0.05) is 38.1 Å². The number of hydrogen-bond donors (Lipinski definition) is 0. The standard InChI is InChI=1S/C20H21N5O3/c1-15(26)25-12-18(27)24(16-5-3-2-4-6-16)14-20(25)7-10-23(13-20)19(28)17-11-21-8-9-22-17/h2-6,8-9,11H,7,10,12-14H2,1H3/t20-/m0/s1. The number of para-hydroxylation sites is 1. The number of carbonyl (C=O) groups is 3. The van der Waals surface area contributed by atoms with Crippen LogP contribution in [0.2, 0.25) is 0 Å². The maximum absolute atomic E-state index is 12.8. The lowest BCUT2D eigenvalue weighted by molar-refractivity contribution is -0.142. The number of piperazine rings is 1. The van der Waals surface area contributed by atoms with Crippen molar-refractivity contribution in [3.05, 3.63) is 54.6 Å². The van der Waals surface area contributed by atoms with Gasteiger partial charge in [0.1, 0.15) is 12.2 Å². The van der Waals surface area contributed by atoms with Crippen molar-refractivity contribution in [2.24, 2.45) is 0 Å². The first-order chi connectivity index (χ1) is 13.5. The molecule has 3 amide bonds. The second kappa shape index (κ2) is 7.03. The molecular weight excluding hydrogens is 358 g/mol. The van der Waals surface area contributed by atoms with Crippen LogP contribution in [-0.2, 0) is 9.59 Å². The molecule has 1 aromatic heterocycles. The van der Waals surface area contributed by atoms with E-state index in [2.05, 4.69) is 9.97 Å². The first-order valence-electron chi connectivity index (χ1n) is 9.19. The van der Waals surface area contributed by atoms with Gasteiger partial charge in [-0.15, -0.1) is 0 Å². The van der Waals surface area contributed by atoms with E-state index in [9.17, 15) is 14.4 Å². The second-order valence-electron chi connectivity index (χ2n) is 7.21. The van der Waals surface area contributed by atoms with E-state index in [1.54, 1.807) is 14.7 Å². The number of rotatable bonds is 2. The fourth-order valence-corrected chi connectivity index (χ4v) is 4.10. The van der Waals surface area contributed by atoms with E-state index in [1.807, 2.05) is 30.3 Å². The Labute approximate surface area is 162 Å². The van der Waals surface area contributed by atoms with Gasteiger partial charge in [0.05, 0.1) is 18.3 Å². The van der Waals surface area contributed by atoms with Gasteiger partial charge in [0.15, 0.2) is 0 Å². The van der Waals surface area contributed by atoms with Crippen LogP contribution in [0.4, 0.5) is 5.69 Å². The van der Waals surface area contributed by atoms with Crippen molar-refractivity contribution in [3.8, 4) is 0 Å². The summed E-state index contributed by atoms with van der Waals surface area (Å²) in [5.41, 5.74) is 0.475. The predicted octanol–water partition coefficient (Wildman–Crippen LogP) is 0.957. The van der Waals surface area contributed by atoms with Crippen LogP contribution in [0.15, 0.2) is 48.9 Å². The van der Waals surface area contributed by atoms with Crippen molar-refractivity contribution in [2.75, 3.05) is 31.1 Å². The van der Waals surface area contributed by atoms with Gasteiger partial charge in [-0.1, -0.05) is 18.2 Å². The Kier molecular flexibility index (Phi) is 4.54. The summed E-state index contributed by atoms with van der Waals surface area (Å²) in [6.07, 6.45) is 5.05. The molecule has 2 aromatic rings. The molecule has 0 bridgehead atoms. The Morgan fingerprint density at radius 3 is 2.57 bits per heavy atom. The monoisotopic (exact) mass is 379 g/mol. The van der Waals surface area contributed by atoms with Crippen LogP contribution in [0.5, 0.6) is 0 Å². The SMILES string of the molecule is CC(=O)N1CC(=O)N(c2ccccc2)C[C@@]12CCN(C(=O)c1cnccn1)C2. The average molecular weight is 379 g/mol. The molecule has 8 heteroatoms. The zero-order chi connectivity index (χ0) is 19.7. The van der Waals surface area contributed by atoms with Crippen molar-refractivity contribution < 1.29 is 14.4 Å². The van der Waals surface area contributed by atoms with Gasteiger partial charge in [-0.05, 0) is 18.6 Å². The zero-order valence-electron chi connectivity index (χ0n) is 15.6. The Hall–Kier alpha value is -3.29. The molecular formula is C20H21N5O3. The van der Waals surface area contributed by atoms with Crippen LogP contribution < -0.4 is 4.90 Å². The average Bonchev–Trinajstić information content (AvgIpc) is 3.14. The normalized spacial score (nSPS) is 22.0. The molecule has 0 aliphatic carbocycles. The Balaban J connectivity index is 1.62. The van der Waals surface area contributed by atoms with Gasteiger partial charge in [-0.2, -0.15) is 0 Å². The lowest BCUT2D eigenvalue weighted by Crippen LogP contribution is -2.67. The third-order valence-corrected chi connectivity index (χ3v) is 5.47. The Morgan fingerprint density at radius 2 is 1.89 bits per heavy atom. The molecule has 0 N–H and O–H groups in total. The summed E-state index contributed by atoms with van der Waals surface area (Å²) < 4.78 is 0. The summed E-state index contributed by atoms with van der Waals surface area (Å²) in [6.45, 7) is 2.70. The number of carbonyl (C=O) groups excluding carboxylic acids is 3. The van der Waals surface area contributed by atoms with E-state index in [0.29, 0.717) is 26.1 Å². The van der Waals surface area contributed by atoms with Gasteiger partial charge in [-0.3, -0.25) is 19.4 Å². The number of benzene rings is 1. The molecule has 28 heavy (non-hydrogen) atoms. The molecule has 2 aliphatic heterocycles. The lowest BCUT2D eigenvalue weighted by atomic mass is 9.91. The van der Waals surface area contributed by atoms with Crippen molar-refractivity contribution in [3.63, 3.8) is 0 Å². The Morgan fingerprint density at radius 1 is 1.11 bits per heavy atom. The number of hydrogen-bond acceptors (Lipinski definition) is 5. The minimum absolute atomic E-state index is 0.0113. The van der Waals surface area contributed by atoms with Crippen molar-refractivity contribution in [1.82, 2.24) is 19.8 Å². The molecule has 0 unspecified atom stereocenters. The van der Waals surface area contributed by atoms with E-state index >= 15 is 0 Å². The fourth-order valence-electron chi connectivity index (χ4n) is 4.10. The minimum Gasteiger partial charge on any atom is -0.335 e. The molecule has 2 saturated heterocycles. The van der Waals surface area contributed by atoms with E-state index in [4.69, 9.17) is 0 Å². The molecule has 0 saturated carbocycles. The third-order valence-electron chi connectivity index (χ3n) is 5.47. The summed E-state index contributed by atoms with van der Waals surface area (Å²) in [5.74, 6) is -0.489. The first kappa shape index (κ1) is 18.1. The molecule has 1 atom stereocenters. The van der Waals surface area contributed by atoms with E-state index in [0.717, 1.165) is 5.69 Å². The van der Waals surface area contributed by atoms with Crippen molar-refractivity contribution in [2.45, 2.75) is 18.9 Å². The zero-order valence-corrected chi connectivity index (χ0v) is 15.6. The molecule has 8 nitrogen and oxygen atoms in total. The highest BCUT2D eigenvalue weighted by Gasteiger charge is 2.51.